The number of rotatable bonds is 5. The van der Waals surface area contributed by atoms with E-state index in [1.165, 1.54) is 0 Å². The van der Waals surface area contributed by atoms with Crippen LogP contribution >= 0.6 is 0 Å². The molecule has 0 spiro atoms. The molecule has 0 N–H and O–H groups in total. The second-order valence-electron chi connectivity index (χ2n) is 5.24. The molecule has 3 aromatic rings. The minimum atomic E-state index is 0.570. The summed E-state index contributed by atoms with van der Waals surface area (Å²) in [5, 5.41) is 4.60. The topological polar surface area (TPSA) is 44.1 Å². The van der Waals surface area contributed by atoms with Gasteiger partial charge in [0.1, 0.15) is 11.4 Å². The zero-order chi connectivity index (χ0) is 16.2. The standard InChI is InChI=1S/C19H18N2O2/c1-3-23-17-9-10-18(14(2)11-17)19-15(13-22)12-21(20-19)16-7-5-4-6-8-16/h4-13H,3H2,1-2H3. The maximum atomic E-state index is 11.4. The molecule has 4 nitrogen and oxygen atoms in total. The minimum absolute atomic E-state index is 0.570. The summed E-state index contributed by atoms with van der Waals surface area (Å²) >= 11 is 0. The lowest BCUT2D eigenvalue weighted by atomic mass is 10.0. The molecular weight excluding hydrogens is 288 g/mol. The van der Waals surface area contributed by atoms with Gasteiger partial charge in [-0.1, -0.05) is 18.2 Å². The van der Waals surface area contributed by atoms with Crippen molar-refractivity contribution < 1.29 is 9.53 Å². The second-order valence-corrected chi connectivity index (χ2v) is 5.24. The minimum Gasteiger partial charge on any atom is -0.494 e. The van der Waals surface area contributed by atoms with Crippen LogP contribution in [0.25, 0.3) is 16.9 Å². The molecule has 116 valence electrons. The summed E-state index contributed by atoms with van der Waals surface area (Å²) in [7, 11) is 0. The van der Waals surface area contributed by atoms with Crippen molar-refractivity contribution in [3.8, 4) is 22.7 Å². The Balaban J connectivity index is 2.06. The van der Waals surface area contributed by atoms with Gasteiger partial charge in [-0.3, -0.25) is 4.79 Å². The molecule has 1 heterocycles. The molecule has 1 aromatic heterocycles. The van der Waals surface area contributed by atoms with Crippen LogP contribution in [-0.2, 0) is 0 Å². The lowest BCUT2D eigenvalue weighted by molar-refractivity contribution is 0.112. The van der Waals surface area contributed by atoms with Crippen molar-refractivity contribution in [1.82, 2.24) is 9.78 Å². The second kappa shape index (κ2) is 6.48. The van der Waals surface area contributed by atoms with E-state index >= 15 is 0 Å². The molecule has 0 saturated carbocycles. The molecule has 2 aromatic carbocycles. The van der Waals surface area contributed by atoms with E-state index < -0.39 is 0 Å². The Morgan fingerprint density at radius 1 is 1.17 bits per heavy atom. The third-order valence-electron chi connectivity index (χ3n) is 3.65. The van der Waals surface area contributed by atoms with Gasteiger partial charge in [-0.2, -0.15) is 5.10 Å². The summed E-state index contributed by atoms with van der Waals surface area (Å²) in [6.07, 6.45) is 2.60. The number of carbonyl (C=O) groups excluding carboxylic acids is 1. The highest BCUT2D eigenvalue weighted by molar-refractivity contribution is 5.86. The Bertz CT molecular complexity index is 823. The monoisotopic (exact) mass is 306 g/mol. The number of hydrogen-bond donors (Lipinski definition) is 0. The summed E-state index contributed by atoms with van der Waals surface area (Å²) < 4.78 is 7.24. The normalized spacial score (nSPS) is 10.5. The number of hydrogen-bond acceptors (Lipinski definition) is 3. The molecule has 0 fully saturated rings. The molecule has 0 atom stereocenters. The van der Waals surface area contributed by atoms with E-state index in [9.17, 15) is 4.79 Å². The number of aromatic nitrogens is 2. The highest BCUT2D eigenvalue weighted by Gasteiger charge is 2.14. The van der Waals surface area contributed by atoms with Gasteiger partial charge < -0.3 is 4.74 Å². The maximum absolute atomic E-state index is 11.4. The number of aryl methyl sites for hydroxylation is 1. The van der Waals surface area contributed by atoms with Crippen LogP contribution < -0.4 is 4.74 Å². The lowest BCUT2D eigenvalue weighted by Crippen LogP contribution is -1.95. The lowest BCUT2D eigenvalue weighted by Gasteiger charge is -2.08. The Kier molecular flexibility index (Phi) is 4.24. The summed E-state index contributed by atoms with van der Waals surface area (Å²) in [5.74, 6) is 0.823. The van der Waals surface area contributed by atoms with Crippen LogP contribution in [-0.4, -0.2) is 22.7 Å². The van der Waals surface area contributed by atoms with Crippen molar-refractivity contribution in [2.24, 2.45) is 0 Å². The zero-order valence-electron chi connectivity index (χ0n) is 13.2. The van der Waals surface area contributed by atoms with Gasteiger partial charge in [0.05, 0.1) is 17.9 Å². The first-order chi connectivity index (χ1) is 11.2. The van der Waals surface area contributed by atoms with Gasteiger partial charge in [-0.15, -0.1) is 0 Å². The molecule has 23 heavy (non-hydrogen) atoms. The molecule has 0 aliphatic heterocycles. The summed E-state index contributed by atoms with van der Waals surface area (Å²) in [6, 6.07) is 15.6. The van der Waals surface area contributed by atoms with Crippen molar-refractivity contribution in [2.75, 3.05) is 6.61 Å². The Hall–Kier alpha value is -2.88. The molecular formula is C19H18N2O2. The SMILES string of the molecule is CCOc1ccc(-c2nn(-c3ccccc3)cc2C=O)c(C)c1. The molecule has 0 aliphatic carbocycles. The molecule has 3 rings (SSSR count). The van der Waals surface area contributed by atoms with Gasteiger partial charge in [-0.05, 0) is 49.7 Å². The van der Waals surface area contributed by atoms with Crippen LogP contribution in [0.1, 0.15) is 22.8 Å². The maximum Gasteiger partial charge on any atom is 0.153 e. The van der Waals surface area contributed by atoms with E-state index in [0.29, 0.717) is 17.9 Å². The van der Waals surface area contributed by atoms with Crippen molar-refractivity contribution in [1.29, 1.82) is 0 Å². The van der Waals surface area contributed by atoms with E-state index in [0.717, 1.165) is 28.8 Å². The third kappa shape index (κ3) is 3.01. The van der Waals surface area contributed by atoms with Crippen molar-refractivity contribution in [3.05, 3.63) is 65.9 Å². The number of nitrogens with zero attached hydrogens (tertiary/aromatic N) is 2. The third-order valence-corrected chi connectivity index (χ3v) is 3.65. The number of benzene rings is 2. The summed E-state index contributed by atoms with van der Waals surface area (Å²) in [6.45, 7) is 4.57. The fourth-order valence-electron chi connectivity index (χ4n) is 2.55. The first kappa shape index (κ1) is 15.0. The quantitative estimate of drug-likeness (QED) is 0.668. The molecule has 0 aliphatic rings. The molecule has 0 saturated heterocycles. The van der Waals surface area contributed by atoms with Crippen molar-refractivity contribution in [2.45, 2.75) is 13.8 Å². The predicted molar refractivity (Wildman–Crippen MR) is 90.3 cm³/mol. The largest absolute Gasteiger partial charge is 0.494 e. The van der Waals surface area contributed by atoms with Crippen LogP contribution in [0.4, 0.5) is 0 Å². The molecule has 0 bridgehead atoms. The Labute approximate surface area is 135 Å². The number of aldehydes is 1. The number of ether oxygens (including phenoxy) is 1. The molecule has 4 heteroatoms. The average Bonchev–Trinajstić information content (AvgIpc) is 3.00. The van der Waals surface area contributed by atoms with Gasteiger partial charge in [-0.25, -0.2) is 4.68 Å². The van der Waals surface area contributed by atoms with Crippen LogP contribution in [0.5, 0.6) is 5.75 Å². The number of carbonyl (C=O) groups is 1. The fraction of sp³-hybridized carbons (Fsp3) is 0.158. The highest BCUT2D eigenvalue weighted by Crippen LogP contribution is 2.28. The van der Waals surface area contributed by atoms with Crippen molar-refractivity contribution in [3.63, 3.8) is 0 Å². The zero-order valence-corrected chi connectivity index (χ0v) is 13.2. The van der Waals surface area contributed by atoms with Crippen molar-refractivity contribution >= 4 is 6.29 Å². The summed E-state index contributed by atoms with van der Waals surface area (Å²) in [5.41, 5.74) is 4.14. The van der Waals surface area contributed by atoms with Gasteiger partial charge in [0, 0.05) is 11.8 Å². The van der Waals surface area contributed by atoms with Gasteiger partial charge in [0.25, 0.3) is 0 Å². The van der Waals surface area contributed by atoms with Gasteiger partial charge in [0.15, 0.2) is 6.29 Å². The summed E-state index contributed by atoms with van der Waals surface area (Å²) in [4.78, 5) is 11.4. The van der Waals surface area contributed by atoms with E-state index in [1.807, 2.05) is 62.4 Å². The van der Waals surface area contributed by atoms with E-state index in [1.54, 1.807) is 10.9 Å². The van der Waals surface area contributed by atoms with Crippen LogP contribution in [0.15, 0.2) is 54.7 Å². The van der Waals surface area contributed by atoms with Crippen LogP contribution in [0, 0.1) is 6.92 Å². The van der Waals surface area contributed by atoms with Crippen LogP contribution in [0.2, 0.25) is 0 Å². The van der Waals surface area contributed by atoms with Gasteiger partial charge in [0.2, 0.25) is 0 Å². The Morgan fingerprint density at radius 2 is 1.96 bits per heavy atom. The molecule has 0 amide bonds. The smallest absolute Gasteiger partial charge is 0.153 e. The van der Waals surface area contributed by atoms with Gasteiger partial charge >= 0.3 is 0 Å². The fourth-order valence-corrected chi connectivity index (χ4v) is 2.55. The average molecular weight is 306 g/mol. The first-order valence-corrected chi connectivity index (χ1v) is 7.57. The highest BCUT2D eigenvalue weighted by atomic mass is 16.5. The van der Waals surface area contributed by atoms with E-state index in [-0.39, 0.29) is 0 Å². The van der Waals surface area contributed by atoms with E-state index in [2.05, 4.69) is 5.10 Å². The predicted octanol–water partition coefficient (Wildman–Crippen LogP) is 4.06. The number of para-hydroxylation sites is 1. The van der Waals surface area contributed by atoms with Crippen LogP contribution in [0.3, 0.4) is 0 Å². The Morgan fingerprint density at radius 3 is 2.61 bits per heavy atom. The molecule has 0 radical (unpaired) electrons. The first-order valence-electron chi connectivity index (χ1n) is 7.57. The van der Waals surface area contributed by atoms with E-state index in [4.69, 9.17) is 4.74 Å². The molecule has 0 unspecified atom stereocenters.